The molecule has 0 atom stereocenters. The minimum absolute atomic E-state index is 0.0826. The summed E-state index contributed by atoms with van der Waals surface area (Å²) in [5, 5.41) is 2.98. The van der Waals surface area contributed by atoms with Gasteiger partial charge in [0.25, 0.3) is 5.91 Å². The fourth-order valence-electron chi connectivity index (χ4n) is 2.96. The number of hydrogen-bond acceptors (Lipinski definition) is 1. The molecule has 0 fully saturated rings. The molecule has 0 heterocycles. The summed E-state index contributed by atoms with van der Waals surface area (Å²) < 4.78 is 0. The van der Waals surface area contributed by atoms with Crippen LogP contribution in [0.25, 0.3) is 0 Å². The van der Waals surface area contributed by atoms with Crippen LogP contribution in [0.2, 0.25) is 0 Å². The van der Waals surface area contributed by atoms with E-state index in [0.717, 1.165) is 11.3 Å². The van der Waals surface area contributed by atoms with Gasteiger partial charge in [-0.25, -0.2) is 0 Å². The summed E-state index contributed by atoms with van der Waals surface area (Å²) in [7, 11) is 0. The topological polar surface area (TPSA) is 29.1 Å². The number of carbonyl (C=O) groups is 1. The van der Waals surface area contributed by atoms with Crippen molar-refractivity contribution in [3.05, 3.63) is 102 Å². The lowest BCUT2D eigenvalue weighted by atomic mass is 9.76. The van der Waals surface area contributed by atoms with Crippen LogP contribution in [0.4, 0.5) is 5.69 Å². The summed E-state index contributed by atoms with van der Waals surface area (Å²) in [6.07, 6.45) is 0. The third-order valence-corrected chi connectivity index (χ3v) is 4.37. The molecule has 2 nitrogen and oxygen atoms in total. The van der Waals surface area contributed by atoms with Gasteiger partial charge in [-0.1, -0.05) is 80.6 Å². The number of carbonyl (C=O) groups excluding carboxylic acids is 1. The Balaban J connectivity index is 1.98. The van der Waals surface area contributed by atoms with E-state index in [-0.39, 0.29) is 11.3 Å². The maximum Gasteiger partial charge on any atom is 0.255 e. The molecule has 0 spiro atoms. The molecule has 0 radical (unpaired) electrons. The predicted molar refractivity (Wildman–Crippen MR) is 99.4 cm³/mol. The van der Waals surface area contributed by atoms with Crippen molar-refractivity contribution in [1.29, 1.82) is 0 Å². The highest BCUT2D eigenvalue weighted by atomic mass is 16.1. The smallest absolute Gasteiger partial charge is 0.255 e. The molecular formula is C22H21NO. The van der Waals surface area contributed by atoms with E-state index in [0.29, 0.717) is 5.56 Å². The molecule has 0 aromatic heterocycles. The van der Waals surface area contributed by atoms with E-state index in [4.69, 9.17) is 0 Å². The average molecular weight is 315 g/mol. The van der Waals surface area contributed by atoms with Crippen LogP contribution >= 0.6 is 0 Å². The predicted octanol–water partition coefficient (Wildman–Crippen LogP) is 5.26. The maximum absolute atomic E-state index is 12.8. The first-order chi connectivity index (χ1) is 11.6. The average Bonchev–Trinajstić information content (AvgIpc) is 2.63. The van der Waals surface area contributed by atoms with E-state index in [9.17, 15) is 4.79 Å². The second-order valence-corrected chi connectivity index (χ2v) is 6.36. The van der Waals surface area contributed by atoms with E-state index >= 15 is 0 Å². The van der Waals surface area contributed by atoms with Crippen LogP contribution in [0.5, 0.6) is 0 Å². The first-order valence-corrected chi connectivity index (χ1v) is 8.10. The van der Waals surface area contributed by atoms with Crippen LogP contribution in [0.1, 0.15) is 35.3 Å². The van der Waals surface area contributed by atoms with Gasteiger partial charge >= 0.3 is 0 Å². The van der Waals surface area contributed by atoms with E-state index < -0.39 is 0 Å². The van der Waals surface area contributed by atoms with Crippen molar-refractivity contribution in [3.63, 3.8) is 0 Å². The van der Waals surface area contributed by atoms with Crippen LogP contribution in [0.3, 0.4) is 0 Å². The third kappa shape index (κ3) is 3.23. The molecule has 120 valence electrons. The molecule has 0 aliphatic heterocycles. The Morgan fingerprint density at radius 3 is 1.96 bits per heavy atom. The van der Waals surface area contributed by atoms with Crippen LogP contribution in [0, 0.1) is 0 Å². The second kappa shape index (κ2) is 6.71. The van der Waals surface area contributed by atoms with Gasteiger partial charge in [0.2, 0.25) is 0 Å². The van der Waals surface area contributed by atoms with Crippen molar-refractivity contribution >= 4 is 11.6 Å². The van der Waals surface area contributed by atoms with Crippen molar-refractivity contribution in [1.82, 2.24) is 0 Å². The number of rotatable bonds is 4. The van der Waals surface area contributed by atoms with E-state index in [2.05, 4.69) is 31.3 Å². The van der Waals surface area contributed by atoms with Crippen molar-refractivity contribution in [2.75, 3.05) is 5.32 Å². The van der Waals surface area contributed by atoms with Crippen molar-refractivity contribution in [2.24, 2.45) is 0 Å². The van der Waals surface area contributed by atoms with Gasteiger partial charge < -0.3 is 5.32 Å². The molecule has 1 N–H and O–H groups in total. The SMILES string of the molecule is CC(C)(c1ccccc1)c1ccccc1C(=O)Nc1ccccc1. The number of amides is 1. The standard InChI is InChI=1S/C22H21NO/c1-22(2,17-11-5-3-6-12-17)20-16-10-9-15-19(20)21(24)23-18-13-7-4-8-14-18/h3-16H,1-2H3,(H,23,24). The summed E-state index contributed by atoms with van der Waals surface area (Å²) in [6.45, 7) is 4.30. The Bertz CT molecular complexity index is 823. The molecule has 1 amide bonds. The van der Waals surface area contributed by atoms with Crippen molar-refractivity contribution in [3.8, 4) is 0 Å². The van der Waals surface area contributed by atoms with Crippen molar-refractivity contribution in [2.45, 2.75) is 19.3 Å². The van der Waals surface area contributed by atoms with E-state index in [1.165, 1.54) is 5.56 Å². The highest BCUT2D eigenvalue weighted by Gasteiger charge is 2.27. The minimum atomic E-state index is -0.258. The summed E-state index contributed by atoms with van der Waals surface area (Å²) >= 11 is 0. The molecule has 3 rings (SSSR count). The van der Waals surface area contributed by atoms with E-state index in [1.807, 2.05) is 72.8 Å². The number of hydrogen-bond donors (Lipinski definition) is 1. The molecule has 0 aliphatic rings. The Hall–Kier alpha value is -2.87. The van der Waals surface area contributed by atoms with Gasteiger partial charge in [0.05, 0.1) is 0 Å². The lowest BCUT2D eigenvalue weighted by Crippen LogP contribution is -2.24. The normalized spacial score (nSPS) is 11.1. The first kappa shape index (κ1) is 16.0. The highest BCUT2D eigenvalue weighted by Crippen LogP contribution is 2.33. The fraction of sp³-hybridized carbons (Fsp3) is 0.136. The second-order valence-electron chi connectivity index (χ2n) is 6.36. The third-order valence-electron chi connectivity index (χ3n) is 4.37. The Morgan fingerprint density at radius 1 is 0.750 bits per heavy atom. The van der Waals surface area contributed by atoms with Crippen LogP contribution in [0.15, 0.2) is 84.9 Å². The van der Waals surface area contributed by atoms with E-state index in [1.54, 1.807) is 0 Å². The molecular weight excluding hydrogens is 294 g/mol. The van der Waals surface area contributed by atoms with Gasteiger partial charge in [-0.2, -0.15) is 0 Å². The van der Waals surface area contributed by atoms with Crippen molar-refractivity contribution < 1.29 is 4.79 Å². The summed E-state index contributed by atoms with van der Waals surface area (Å²) in [5.41, 5.74) is 3.45. The van der Waals surface area contributed by atoms with Gasteiger partial charge in [-0.3, -0.25) is 4.79 Å². The monoisotopic (exact) mass is 315 g/mol. The lowest BCUT2D eigenvalue weighted by Gasteiger charge is -2.28. The molecule has 0 aliphatic carbocycles. The Labute approximate surface area is 143 Å². The van der Waals surface area contributed by atoms with Gasteiger partial charge in [-0.05, 0) is 29.3 Å². The Kier molecular flexibility index (Phi) is 4.48. The largest absolute Gasteiger partial charge is 0.322 e. The molecule has 2 heteroatoms. The zero-order chi connectivity index (χ0) is 17.0. The van der Waals surface area contributed by atoms with Crippen LogP contribution in [-0.2, 0) is 5.41 Å². The number of nitrogens with one attached hydrogen (secondary N) is 1. The number of para-hydroxylation sites is 1. The van der Waals surface area contributed by atoms with Gasteiger partial charge in [0.15, 0.2) is 0 Å². The summed E-state index contributed by atoms with van der Waals surface area (Å²) in [4.78, 5) is 12.8. The van der Waals surface area contributed by atoms with Gasteiger partial charge in [0, 0.05) is 16.7 Å². The molecule has 0 saturated carbocycles. The van der Waals surface area contributed by atoms with Gasteiger partial charge in [-0.15, -0.1) is 0 Å². The zero-order valence-corrected chi connectivity index (χ0v) is 14.0. The molecule has 0 bridgehead atoms. The Morgan fingerprint density at radius 2 is 1.29 bits per heavy atom. The van der Waals surface area contributed by atoms with Crippen LogP contribution in [-0.4, -0.2) is 5.91 Å². The number of anilines is 1. The lowest BCUT2D eigenvalue weighted by molar-refractivity contribution is 0.102. The first-order valence-electron chi connectivity index (χ1n) is 8.10. The zero-order valence-electron chi connectivity index (χ0n) is 14.0. The van der Waals surface area contributed by atoms with Gasteiger partial charge in [0.1, 0.15) is 0 Å². The molecule has 0 saturated heterocycles. The minimum Gasteiger partial charge on any atom is -0.322 e. The summed E-state index contributed by atoms with van der Waals surface area (Å²) in [6, 6.07) is 27.6. The number of benzene rings is 3. The molecule has 3 aromatic carbocycles. The highest BCUT2D eigenvalue weighted by molar-refractivity contribution is 6.05. The molecule has 3 aromatic rings. The maximum atomic E-state index is 12.8. The fourth-order valence-corrected chi connectivity index (χ4v) is 2.96. The molecule has 0 unspecified atom stereocenters. The summed E-state index contributed by atoms with van der Waals surface area (Å²) in [5.74, 6) is -0.0826. The molecule has 24 heavy (non-hydrogen) atoms. The van der Waals surface area contributed by atoms with Crippen LogP contribution < -0.4 is 5.32 Å². The quantitative estimate of drug-likeness (QED) is 0.698.